The molecule has 0 aliphatic carbocycles. The number of nitrogens with one attached hydrogen (secondary N) is 1. The average Bonchev–Trinajstić information content (AvgIpc) is 2.78. The van der Waals surface area contributed by atoms with Crippen molar-refractivity contribution < 1.29 is 19.8 Å². The Balaban J connectivity index is 2.38. The number of carbonyl (C=O) groups is 2. The van der Waals surface area contributed by atoms with Crippen molar-refractivity contribution in [2.45, 2.75) is 105 Å². The lowest BCUT2D eigenvalue weighted by Crippen LogP contribution is -2.40. The summed E-state index contributed by atoms with van der Waals surface area (Å²) in [6.07, 6.45) is 3.33. The van der Waals surface area contributed by atoms with Crippen LogP contribution >= 0.6 is 0 Å². The molecule has 1 amide bonds. The largest absolute Gasteiger partial charge is 0.480 e. The van der Waals surface area contributed by atoms with E-state index in [0.717, 1.165) is 30.4 Å². The lowest BCUT2D eigenvalue weighted by molar-refractivity contribution is -0.138. The highest BCUT2D eigenvalue weighted by Crippen LogP contribution is 2.41. The van der Waals surface area contributed by atoms with Gasteiger partial charge in [0, 0.05) is 11.0 Å². The topological polar surface area (TPSA) is 86.6 Å². The summed E-state index contributed by atoms with van der Waals surface area (Å²) >= 11 is 0. The zero-order chi connectivity index (χ0) is 27.5. The van der Waals surface area contributed by atoms with Gasteiger partial charge in [-0.25, -0.2) is 0 Å². The van der Waals surface area contributed by atoms with Gasteiger partial charge in [0.05, 0.1) is 5.60 Å². The molecule has 0 bridgehead atoms. The van der Waals surface area contributed by atoms with Crippen molar-refractivity contribution in [1.29, 1.82) is 0 Å². The van der Waals surface area contributed by atoms with E-state index in [1.54, 1.807) is 0 Å². The monoisotopic (exact) mass is 495 g/mol. The Morgan fingerprint density at radius 3 is 1.89 bits per heavy atom. The number of aryl methyl sites for hydroxylation is 3. The van der Waals surface area contributed by atoms with Gasteiger partial charge in [-0.15, -0.1) is 0 Å². The maximum Gasteiger partial charge on any atom is 0.325 e. The molecule has 0 radical (unpaired) electrons. The fourth-order valence-corrected chi connectivity index (χ4v) is 4.81. The number of carboxylic acids is 1. The first kappa shape index (κ1) is 29.6. The quantitative estimate of drug-likeness (QED) is 0.359. The molecule has 0 heterocycles. The van der Waals surface area contributed by atoms with Crippen molar-refractivity contribution in [2.24, 2.45) is 5.41 Å². The molecule has 0 fully saturated rings. The molecule has 0 aliphatic heterocycles. The Labute approximate surface area is 217 Å². The molecule has 2 atom stereocenters. The molecule has 0 aromatic heterocycles. The first-order valence-corrected chi connectivity index (χ1v) is 13.1. The van der Waals surface area contributed by atoms with Crippen LogP contribution in [-0.4, -0.2) is 33.7 Å². The third-order valence-electron chi connectivity index (χ3n) is 8.34. The number of benzene rings is 2. The second kappa shape index (κ2) is 11.2. The van der Waals surface area contributed by atoms with E-state index in [1.807, 2.05) is 26.0 Å². The fraction of sp³-hybridized carbons (Fsp3) is 0.548. The number of amides is 1. The normalized spacial score (nSPS) is 14.7. The standard InChI is InChI=1S/C31H45NO4/c1-10-31(11-2,25-14-15-26(21(4)19-25)27(33)32-22(5)28(34)35)24-13-12-23(20(3)18-24)16-17-30(9,36)29(6,7)8/h12-15,18-19,22,36H,10-11,16-17H2,1-9H3,(H,32,33)(H,34,35). The van der Waals surface area contributed by atoms with E-state index >= 15 is 0 Å². The summed E-state index contributed by atoms with van der Waals surface area (Å²) in [5.74, 6) is -1.44. The van der Waals surface area contributed by atoms with Crippen molar-refractivity contribution in [3.63, 3.8) is 0 Å². The minimum Gasteiger partial charge on any atom is -0.480 e. The summed E-state index contributed by atoms with van der Waals surface area (Å²) < 4.78 is 0. The maximum atomic E-state index is 12.6. The van der Waals surface area contributed by atoms with Crippen LogP contribution in [0.5, 0.6) is 0 Å². The summed E-state index contributed by atoms with van der Waals surface area (Å²) in [4.78, 5) is 23.8. The van der Waals surface area contributed by atoms with Gasteiger partial charge >= 0.3 is 5.97 Å². The van der Waals surface area contributed by atoms with Crippen LogP contribution in [0.3, 0.4) is 0 Å². The number of aliphatic hydroxyl groups is 1. The van der Waals surface area contributed by atoms with Gasteiger partial charge in [0.2, 0.25) is 0 Å². The number of hydrogen-bond acceptors (Lipinski definition) is 3. The number of carbonyl (C=O) groups excluding carboxylic acids is 1. The van der Waals surface area contributed by atoms with Crippen LogP contribution in [0.15, 0.2) is 36.4 Å². The number of hydrogen-bond donors (Lipinski definition) is 3. The van der Waals surface area contributed by atoms with Gasteiger partial charge in [0.1, 0.15) is 6.04 Å². The van der Waals surface area contributed by atoms with E-state index in [2.05, 4.69) is 71.1 Å². The molecule has 0 aliphatic rings. The van der Waals surface area contributed by atoms with Crippen molar-refractivity contribution in [2.75, 3.05) is 0 Å². The lowest BCUT2D eigenvalue weighted by Gasteiger charge is -2.37. The van der Waals surface area contributed by atoms with E-state index in [1.165, 1.54) is 23.6 Å². The number of aliphatic carboxylic acids is 1. The minimum atomic E-state index is -1.06. The van der Waals surface area contributed by atoms with E-state index in [9.17, 15) is 14.7 Å². The zero-order valence-electron chi connectivity index (χ0n) is 23.6. The molecule has 36 heavy (non-hydrogen) atoms. The highest BCUT2D eigenvalue weighted by Gasteiger charge is 2.35. The second-order valence-electron chi connectivity index (χ2n) is 11.5. The van der Waals surface area contributed by atoms with Crippen LogP contribution in [-0.2, 0) is 16.6 Å². The average molecular weight is 496 g/mol. The summed E-state index contributed by atoms with van der Waals surface area (Å²) in [5, 5.41) is 22.6. The van der Waals surface area contributed by atoms with Crippen LogP contribution in [0.4, 0.5) is 0 Å². The Kier molecular flexibility index (Phi) is 9.17. The molecular weight excluding hydrogens is 450 g/mol. The summed E-state index contributed by atoms with van der Waals surface area (Å²) in [7, 11) is 0. The van der Waals surface area contributed by atoms with E-state index < -0.39 is 17.6 Å². The number of rotatable bonds is 10. The molecule has 3 N–H and O–H groups in total. The van der Waals surface area contributed by atoms with E-state index in [-0.39, 0.29) is 16.7 Å². The minimum absolute atomic E-state index is 0.187. The molecule has 198 valence electrons. The molecular formula is C31H45NO4. The first-order chi connectivity index (χ1) is 16.6. The molecule has 0 spiro atoms. The summed E-state index contributed by atoms with van der Waals surface area (Å²) in [5.41, 5.74) is 5.04. The van der Waals surface area contributed by atoms with E-state index in [0.29, 0.717) is 12.0 Å². The van der Waals surface area contributed by atoms with Gasteiger partial charge in [0.25, 0.3) is 5.91 Å². The van der Waals surface area contributed by atoms with Crippen molar-refractivity contribution in [3.05, 3.63) is 69.8 Å². The molecule has 5 heteroatoms. The predicted molar refractivity (Wildman–Crippen MR) is 147 cm³/mol. The SMILES string of the molecule is CCC(CC)(c1ccc(CCC(C)(O)C(C)(C)C)c(C)c1)c1ccc(C(=O)NC(C)C(=O)O)c(C)c1. The summed E-state index contributed by atoms with van der Waals surface area (Å²) in [6, 6.07) is 11.6. The molecule has 5 nitrogen and oxygen atoms in total. The van der Waals surface area contributed by atoms with Gasteiger partial charge in [-0.3, -0.25) is 9.59 Å². The van der Waals surface area contributed by atoms with Gasteiger partial charge in [0.15, 0.2) is 0 Å². The number of carboxylic acid groups (broad SMARTS) is 1. The van der Waals surface area contributed by atoms with E-state index in [4.69, 9.17) is 5.11 Å². The summed E-state index contributed by atoms with van der Waals surface area (Å²) in [6.45, 7) is 18.0. The van der Waals surface area contributed by atoms with Crippen molar-refractivity contribution >= 4 is 11.9 Å². The Bertz CT molecular complexity index is 1090. The van der Waals surface area contributed by atoms with Crippen LogP contribution in [0.1, 0.15) is 106 Å². The highest BCUT2D eigenvalue weighted by atomic mass is 16.4. The molecule has 0 saturated carbocycles. The highest BCUT2D eigenvalue weighted by molar-refractivity contribution is 5.97. The molecule has 2 aromatic rings. The predicted octanol–water partition coefficient (Wildman–Crippen LogP) is 6.34. The van der Waals surface area contributed by atoms with Crippen molar-refractivity contribution in [3.8, 4) is 0 Å². The van der Waals surface area contributed by atoms with Gasteiger partial charge in [-0.1, -0.05) is 65.0 Å². The Morgan fingerprint density at radius 2 is 1.44 bits per heavy atom. The van der Waals surface area contributed by atoms with Crippen LogP contribution in [0.25, 0.3) is 0 Å². The molecule has 2 aromatic carbocycles. The molecule has 2 unspecified atom stereocenters. The van der Waals surface area contributed by atoms with Gasteiger partial charge < -0.3 is 15.5 Å². The Morgan fingerprint density at radius 1 is 0.917 bits per heavy atom. The maximum absolute atomic E-state index is 12.6. The third kappa shape index (κ3) is 6.18. The second-order valence-corrected chi connectivity index (χ2v) is 11.5. The van der Waals surface area contributed by atoms with Crippen molar-refractivity contribution in [1.82, 2.24) is 5.32 Å². The smallest absolute Gasteiger partial charge is 0.325 e. The third-order valence-corrected chi connectivity index (χ3v) is 8.34. The van der Waals surface area contributed by atoms with Crippen LogP contribution in [0, 0.1) is 19.3 Å². The van der Waals surface area contributed by atoms with Gasteiger partial charge in [-0.2, -0.15) is 0 Å². The van der Waals surface area contributed by atoms with Gasteiger partial charge in [-0.05, 0) is 92.7 Å². The molecule has 2 rings (SSSR count). The van der Waals surface area contributed by atoms with Crippen LogP contribution in [0.2, 0.25) is 0 Å². The fourth-order valence-electron chi connectivity index (χ4n) is 4.81. The zero-order valence-corrected chi connectivity index (χ0v) is 23.6. The lowest BCUT2D eigenvalue weighted by atomic mass is 9.69. The Hall–Kier alpha value is -2.66. The first-order valence-electron chi connectivity index (χ1n) is 13.1. The molecule has 0 saturated heterocycles. The van der Waals surface area contributed by atoms with Crippen LogP contribution < -0.4 is 5.32 Å².